The van der Waals surface area contributed by atoms with E-state index < -0.39 is 5.91 Å². The second-order valence-electron chi connectivity index (χ2n) is 11.2. The minimum Gasteiger partial charge on any atom is -0.393 e. The van der Waals surface area contributed by atoms with E-state index >= 15 is 0 Å². The van der Waals surface area contributed by atoms with Gasteiger partial charge >= 0.3 is 0 Å². The first-order valence-electron chi connectivity index (χ1n) is 14.7. The highest BCUT2D eigenvalue weighted by molar-refractivity contribution is 6.05. The third-order valence-corrected chi connectivity index (χ3v) is 8.18. The van der Waals surface area contributed by atoms with Gasteiger partial charge in [0.2, 0.25) is 0 Å². The maximum atomic E-state index is 13.2. The van der Waals surface area contributed by atoms with Gasteiger partial charge in [-0.2, -0.15) is 0 Å². The predicted molar refractivity (Wildman–Crippen MR) is 172 cm³/mol. The lowest BCUT2D eigenvalue weighted by atomic mass is 10.0. The zero-order valence-corrected chi connectivity index (χ0v) is 24.8. The molecule has 10 heteroatoms. The molecule has 1 saturated heterocycles. The Hall–Kier alpha value is -5.06. The Labute approximate surface area is 255 Å². The van der Waals surface area contributed by atoms with E-state index in [1.165, 1.54) is 10.2 Å². The summed E-state index contributed by atoms with van der Waals surface area (Å²) in [6.45, 7) is 4.32. The van der Waals surface area contributed by atoms with Gasteiger partial charge < -0.3 is 16.2 Å². The van der Waals surface area contributed by atoms with E-state index in [4.69, 9.17) is 10.7 Å². The molecule has 0 unspecified atom stereocenters. The van der Waals surface area contributed by atoms with Crippen LogP contribution in [0.5, 0.6) is 0 Å². The zero-order valence-electron chi connectivity index (χ0n) is 24.8. The highest BCUT2D eigenvalue weighted by atomic mass is 16.3. The van der Waals surface area contributed by atoms with Crippen LogP contribution in [0.1, 0.15) is 34.5 Å². The van der Waals surface area contributed by atoms with E-state index in [0.29, 0.717) is 34.3 Å². The third kappa shape index (κ3) is 5.90. The van der Waals surface area contributed by atoms with E-state index in [9.17, 15) is 14.7 Å². The molecule has 44 heavy (non-hydrogen) atoms. The summed E-state index contributed by atoms with van der Waals surface area (Å²) >= 11 is 0. The van der Waals surface area contributed by atoms with Gasteiger partial charge in [-0.1, -0.05) is 48.5 Å². The van der Waals surface area contributed by atoms with Gasteiger partial charge in [0.05, 0.1) is 29.4 Å². The first kappa shape index (κ1) is 29.0. The van der Waals surface area contributed by atoms with Crippen LogP contribution < -0.4 is 16.6 Å². The summed E-state index contributed by atoms with van der Waals surface area (Å²) in [5.74, 6) is -0.178. The van der Waals surface area contributed by atoms with Gasteiger partial charge in [-0.05, 0) is 55.7 Å². The first-order chi connectivity index (χ1) is 21.3. The second kappa shape index (κ2) is 12.3. The maximum absolute atomic E-state index is 13.2. The van der Waals surface area contributed by atoms with Crippen LogP contribution in [0.2, 0.25) is 0 Å². The molecular weight excluding hydrogens is 554 g/mol. The molecule has 224 valence electrons. The van der Waals surface area contributed by atoms with Crippen LogP contribution in [0.4, 0.5) is 11.5 Å². The molecule has 1 aliphatic rings. The third-order valence-electron chi connectivity index (χ3n) is 8.18. The van der Waals surface area contributed by atoms with Crippen LogP contribution >= 0.6 is 0 Å². The minimum atomic E-state index is -0.479. The van der Waals surface area contributed by atoms with E-state index in [2.05, 4.69) is 27.3 Å². The number of nitrogens with zero attached hydrogens (tertiary/aromatic N) is 5. The average Bonchev–Trinajstić information content (AvgIpc) is 3.26. The van der Waals surface area contributed by atoms with Gasteiger partial charge in [0.25, 0.3) is 11.5 Å². The molecular formula is C34H35N7O3. The molecule has 0 atom stereocenters. The fourth-order valence-corrected chi connectivity index (χ4v) is 5.65. The number of hydrogen-bond donors (Lipinski definition) is 3. The Bertz CT molecular complexity index is 1850. The summed E-state index contributed by atoms with van der Waals surface area (Å²) in [5.41, 5.74) is 11.8. The molecule has 4 N–H and O–H groups in total. The number of rotatable bonds is 7. The summed E-state index contributed by atoms with van der Waals surface area (Å²) in [6.07, 6.45) is 3.08. The molecule has 0 spiro atoms. The number of likely N-dealkylation sites (tertiary alicyclic amines) is 1. The maximum Gasteiger partial charge on any atom is 0.284 e. The number of para-hydroxylation sites is 1. The molecule has 10 nitrogen and oxygen atoms in total. The number of carbonyl (C=O) groups excluding carboxylic acids is 1. The van der Waals surface area contributed by atoms with Crippen molar-refractivity contribution >= 4 is 17.4 Å². The van der Waals surface area contributed by atoms with Crippen LogP contribution in [0.15, 0.2) is 89.9 Å². The molecule has 0 saturated carbocycles. The Morgan fingerprint density at radius 2 is 1.73 bits per heavy atom. The van der Waals surface area contributed by atoms with Crippen LogP contribution in [0.3, 0.4) is 0 Å². The highest BCUT2D eigenvalue weighted by Crippen LogP contribution is 2.28. The van der Waals surface area contributed by atoms with Crippen molar-refractivity contribution in [2.24, 2.45) is 7.05 Å². The monoisotopic (exact) mass is 589 g/mol. The summed E-state index contributed by atoms with van der Waals surface area (Å²) in [6, 6.07) is 24.6. The van der Waals surface area contributed by atoms with Crippen molar-refractivity contribution in [2.75, 3.05) is 24.1 Å². The number of aliphatic hydroxyl groups excluding tert-OH is 1. The Balaban J connectivity index is 1.20. The molecule has 3 aromatic carbocycles. The second-order valence-corrected chi connectivity index (χ2v) is 11.2. The topological polar surface area (TPSA) is 131 Å². The van der Waals surface area contributed by atoms with E-state index in [1.54, 1.807) is 37.0 Å². The number of piperidine rings is 1. The quantitative estimate of drug-likeness (QED) is 0.256. The molecule has 0 aliphatic carbocycles. The number of hydrogen-bond acceptors (Lipinski definition) is 7. The van der Waals surface area contributed by atoms with Gasteiger partial charge in [-0.3, -0.25) is 19.2 Å². The summed E-state index contributed by atoms with van der Waals surface area (Å²) in [4.78, 5) is 38.1. The number of nitrogens with one attached hydrogen (secondary N) is 1. The number of benzene rings is 3. The van der Waals surface area contributed by atoms with Gasteiger partial charge in [-0.25, -0.2) is 14.6 Å². The zero-order chi connectivity index (χ0) is 30.8. The molecule has 3 heterocycles. The Morgan fingerprint density at radius 3 is 2.45 bits per heavy atom. The van der Waals surface area contributed by atoms with E-state index in [0.717, 1.165) is 43.6 Å². The lowest BCUT2D eigenvalue weighted by molar-refractivity contribution is 0.0792. The van der Waals surface area contributed by atoms with Crippen molar-refractivity contribution < 1.29 is 9.90 Å². The van der Waals surface area contributed by atoms with Gasteiger partial charge in [0.1, 0.15) is 17.1 Å². The van der Waals surface area contributed by atoms with Gasteiger partial charge in [0, 0.05) is 43.5 Å². The van der Waals surface area contributed by atoms with Crippen molar-refractivity contribution in [1.29, 1.82) is 0 Å². The van der Waals surface area contributed by atoms with Gasteiger partial charge in [0.15, 0.2) is 0 Å². The summed E-state index contributed by atoms with van der Waals surface area (Å²) in [7, 11) is 1.76. The SMILES string of the molecule is Cc1c(C(=O)Nc2ccc(-c3nc(-c4cccc(CN5CCC(O)CC5)c4)cnc3N)cc2)c(=O)n(-c2ccccc2)n1C. The van der Waals surface area contributed by atoms with Crippen LogP contribution in [-0.2, 0) is 13.6 Å². The standard InChI is InChI=1S/C34H35N7O3/c1-22-30(34(44)41(39(22)2)27-9-4-3-5-10-27)33(43)37-26-13-11-24(12-14-26)31-32(35)36-20-29(38-31)25-8-6-7-23(19-25)21-40-17-15-28(42)16-18-40/h3-14,19-20,28,42H,15-18,21H2,1-2H3,(H2,35,36)(H,37,43). The van der Waals surface area contributed by atoms with Crippen LogP contribution in [0.25, 0.3) is 28.2 Å². The normalized spacial score (nSPS) is 14.1. The number of aliphatic hydroxyl groups is 1. The molecule has 0 radical (unpaired) electrons. The molecule has 2 aromatic heterocycles. The van der Waals surface area contributed by atoms with E-state index in [1.807, 2.05) is 54.6 Å². The smallest absolute Gasteiger partial charge is 0.284 e. The number of carbonyl (C=O) groups is 1. The number of aromatic nitrogens is 4. The molecule has 6 rings (SSSR count). The van der Waals surface area contributed by atoms with Crippen molar-refractivity contribution in [3.8, 4) is 28.2 Å². The van der Waals surface area contributed by atoms with E-state index in [-0.39, 0.29) is 17.2 Å². The number of amides is 1. The Morgan fingerprint density at radius 1 is 1.00 bits per heavy atom. The van der Waals surface area contributed by atoms with Crippen molar-refractivity contribution in [1.82, 2.24) is 24.2 Å². The lowest BCUT2D eigenvalue weighted by Gasteiger charge is -2.29. The fraction of sp³-hybridized carbons (Fsp3) is 0.235. The number of anilines is 2. The average molecular weight is 590 g/mol. The molecule has 0 bridgehead atoms. The summed E-state index contributed by atoms with van der Waals surface area (Å²) in [5, 5.41) is 12.7. The highest BCUT2D eigenvalue weighted by Gasteiger charge is 2.22. The minimum absolute atomic E-state index is 0.0864. The lowest BCUT2D eigenvalue weighted by Crippen LogP contribution is -2.35. The molecule has 1 amide bonds. The fourth-order valence-electron chi connectivity index (χ4n) is 5.65. The number of nitrogens with two attached hydrogens (primary N) is 1. The molecule has 5 aromatic rings. The van der Waals surface area contributed by atoms with Gasteiger partial charge in [-0.15, -0.1) is 0 Å². The first-order valence-corrected chi connectivity index (χ1v) is 14.7. The largest absolute Gasteiger partial charge is 0.393 e. The summed E-state index contributed by atoms with van der Waals surface area (Å²) < 4.78 is 3.16. The predicted octanol–water partition coefficient (Wildman–Crippen LogP) is 4.40. The van der Waals surface area contributed by atoms with Crippen LogP contribution in [0, 0.1) is 6.92 Å². The number of nitrogen functional groups attached to an aromatic ring is 1. The molecule has 1 aliphatic heterocycles. The Kier molecular flexibility index (Phi) is 8.10. The van der Waals surface area contributed by atoms with Crippen LogP contribution in [-0.4, -0.2) is 54.4 Å². The molecule has 1 fully saturated rings. The van der Waals surface area contributed by atoms with Crippen molar-refractivity contribution in [3.63, 3.8) is 0 Å². The van der Waals surface area contributed by atoms with Crippen molar-refractivity contribution in [2.45, 2.75) is 32.4 Å². The van der Waals surface area contributed by atoms with Crippen molar-refractivity contribution in [3.05, 3.63) is 112 Å².